The van der Waals surface area contributed by atoms with Crippen LogP contribution in [0.1, 0.15) is 57.6 Å². The lowest BCUT2D eigenvalue weighted by Gasteiger charge is -2.17. The first kappa shape index (κ1) is 24.1. The van der Waals surface area contributed by atoms with Crippen LogP contribution in [0.3, 0.4) is 0 Å². The van der Waals surface area contributed by atoms with E-state index < -0.39 is 11.9 Å². The van der Waals surface area contributed by atoms with E-state index in [4.69, 9.17) is 14.2 Å². The highest BCUT2D eigenvalue weighted by Gasteiger charge is 2.15. The van der Waals surface area contributed by atoms with Gasteiger partial charge in [0.25, 0.3) is 0 Å². The van der Waals surface area contributed by atoms with Gasteiger partial charge in [0.2, 0.25) is 0 Å². The number of benzene rings is 2. The highest BCUT2D eigenvalue weighted by atomic mass is 16.6. The molecule has 0 saturated heterocycles. The predicted octanol–water partition coefficient (Wildman–Crippen LogP) is 4.81. The third-order valence-corrected chi connectivity index (χ3v) is 4.69. The maximum Gasteiger partial charge on any atom is 0.308 e. The van der Waals surface area contributed by atoms with E-state index in [2.05, 4.69) is 12.1 Å². The number of esters is 3. The molecule has 0 amide bonds. The van der Waals surface area contributed by atoms with Crippen molar-refractivity contribution in [3.8, 4) is 11.5 Å². The zero-order valence-electron chi connectivity index (χ0n) is 18.4. The van der Waals surface area contributed by atoms with E-state index in [0.29, 0.717) is 12.8 Å². The van der Waals surface area contributed by atoms with E-state index in [9.17, 15) is 14.4 Å². The topological polar surface area (TPSA) is 78.9 Å². The first-order chi connectivity index (χ1) is 14.8. The van der Waals surface area contributed by atoms with Crippen molar-refractivity contribution in [2.75, 3.05) is 0 Å². The Morgan fingerprint density at radius 1 is 0.710 bits per heavy atom. The molecule has 0 heterocycles. The minimum Gasteiger partial charge on any atom is -0.463 e. The molecule has 31 heavy (non-hydrogen) atoms. The van der Waals surface area contributed by atoms with Gasteiger partial charge in [-0.25, -0.2) is 0 Å². The van der Waals surface area contributed by atoms with Gasteiger partial charge in [0.05, 0.1) is 0 Å². The Morgan fingerprint density at radius 2 is 1.39 bits per heavy atom. The van der Waals surface area contributed by atoms with E-state index in [0.717, 1.165) is 31.2 Å². The monoisotopic (exact) mass is 426 g/mol. The SMILES string of the molecule is CC(=O)Oc1ccc(CCC(CCCCc2ccccc2)OC(C)=O)cc1OC(C)=O. The summed E-state index contributed by atoms with van der Waals surface area (Å²) < 4.78 is 15.8. The minimum absolute atomic E-state index is 0.182. The minimum atomic E-state index is -0.498. The number of aryl methyl sites for hydroxylation is 2. The summed E-state index contributed by atoms with van der Waals surface area (Å²) in [6.45, 7) is 3.99. The van der Waals surface area contributed by atoms with Crippen molar-refractivity contribution < 1.29 is 28.6 Å². The van der Waals surface area contributed by atoms with Crippen LogP contribution >= 0.6 is 0 Å². The largest absolute Gasteiger partial charge is 0.463 e. The summed E-state index contributed by atoms with van der Waals surface area (Å²) in [4.78, 5) is 34.2. The molecule has 0 aromatic heterocycles. The Kier molecular flexibility index (Phi) is 9.75. The fraction of sp³-hybridized carbons (Fsp3) is 0.400. The summed E-state index contributed by atoms with van der Waals surface area (Å²) in [5, 5.41) is 0. The number of hydrogen-bond donors (Lipinski definition) is 0. The summed E-state index contributed by atoms with van der Waals surface area (Å²) in [6, 6.07) is 15.4. The summed E-state index contributed by atoms with van der Waals surface area (Å²) in [5.74, 6) is -0.886. The van der Waals surface area contributed by atoms with Crippen LogP contribution in [0.25, 0.3) is 0 Å². The maximum absolute atomic E-state index is 11.5. The van der Waals surface area contributed by atoms with Gasteiger partial charge in [0, 0.05) is 20.8 Å². The molecule has 2 aromatic carbocycles. The molecule has 0 bridgehead atoms. The second-order valence-electron chi connectivity index (χ2n) is 7.47. The Hall–Kier alpha value is -3.15. The van der Waals surface area contributed by atoms with Crippen LogP contribution in [0, 0.1) is 0 Å². The molecule has 0 aliphatic rings. The molecule has 0 saturated carbocycles. The standard InChI is InChI=1S/C25H30O6/c1-18(26)29-23(12-8-7-11-21-9-5-4-6-10-21)15-13-22-14-16-24(30-19(2)27)25(17-22)31-20(3)28/h4-6,9-10,14,16-17,23H,7-8,11-13,15H2,1-3H3. The number of rotatable bonds is 11. The van der Waals surface area contributed by atoms with Crippen LogP contribution in [-0.2, 0) is 32.0 Å². The lowest BCUT2D eigenvalue weighted by Crippen LogP contribution is -2.17. The molecule has 1 unspecified atom stereocenters. The molecule has 0 fully saturated rings. The van der Waals surface area contributed by atoms with Crippen LogP contribution in [0.5, 0.6) is 11.5 Å². The molecule has 6 nitrogen and oxygen atoms in total. The van der Waals surface area contributed by atoms with Gasteiger partial charge in [0.1, 0.15) is 6.10 Å². The van der Waals surface area contributed by atoms with Gasteiger partial charge in [0.15, 0.2) is 11.5 Å². The molecule has 1 atom stereocenters. The summed E-state index contributed by atoms with van der Waals surface area (Å²) in [5.41, 5.74) is 2.20. The molecule has 2 rings (SSSR count). The molecule has 2 aromatic rings. The van der Waals surface area contributed by atoms with Gasteiger partial charge < -0.3 is 14.2 Å². The van der Waals surface area contributed by atoms with Crippen molar-refractivity contribution >= 4 is 17.9 Å². The van der Waals surface area contributed by atoms with Crippen molar-refractivity contribution in [2.45, 2.75) is 65.4 Å². The molecule has 0 N–H and O–H groups in total. The third kappa shape index (κ3) is 9.47. The summed E-state index contributed by atoms with van der Waals surface area (Å²) >= 11 is 0. The van der Waals surface area contributed by atoms with Gasteiger partial charge in [-0.15, -0.1) is 0 Å². The van der Waals surface area contributed by atoms with Crippen molar-refractivity contribution in [2.24, 2.45) is 0 Å². The van der Waals surface area contributed by atoms with E-state index in [1.54, 1.807) is 12.1 Å². The second kappa shape index (κ2) is 12.5. The average molecular weight is 427 g/mol. The molecular formula is C25H30O6. The third-order valence-electron chi connectivity index (χ3n) is 4.69. The van der Waals surface area contributed by atoms with Crippen LogP contribution in [0.4, 0.5) is 0 Å². The maximum atomic E-state index is 11.5. The van der Waals surface area contributed by atoms with Crippen molar-refractivity contribution in [1.29, 1.82) is 0 Å². The molecule has 0 aliphatic carbocycles. The fourth-order valence-corrected chi connectivity index (χ4v) is 3.35. The Labute approximate surface area is 183 Å². The highest BCUT2D eigenvalue weighted by molar-refractivity contribution is 5.73. The van der Waals surface area contributed by atoms with Crippen LogP contribution in [0.15, 0.2) is 48.5 Å². The van der Waals surface area contributed by atoms with Gasteiger partial charge in [-0.1, -0.05) is 36.4 Å². The molecule has 0 radical (unpaired) electrons. The van der Waals surface area contributed by atoms with E-state index in [1.807, 2.05) is 24.3 Å². The van der Waals surface area contributed by atoms with Crippen molar-refractivity contribution in [3.05, 3.63) is 59.7 Å². The Balaban J connectivity index is 1.94. The van der Waals surface area contributed by atoms with Crippen LogP contribution < -0.4 is 9.47 Å². The van der Waals surface area contributed by atoms with Gasteiger partial charge >= 0.3 is 17.9 Å². The van der Waals surface area contributed by atoms with Crippen molar-refractivity contribution in [1.82, 2.24) is 0 Å². The molecule has 0 aliphatic heterocycles. The van der Waals surface area contributed by atoms with Gasteiger partial charge in [-0.2, -0.15) is 0 Å². The smallest absolute Gasteiger partial charge is 0.308 e. The molecule has 6 heteroatoms. The van der Waals surface area contributed by atoms with Gasteiger partial charge in [-0.05, 0) is 61.8 Å². The molecular weight excluding hydrogens is 396 g/mol. The average Bonchev–Trinajstić information content (AvgIpc) is 2.70. The molecule has 166 valence electrons. The number of carbonyl (C=O) groups is 3. The number of ether oxygens (including phenoxy) is 3. The van der Waals surface area contributed by atoms with Crippen LogP contribution in [0.2, 0.25) is 0 Å². The van der Waals surface area contributed by atoms with Crippen molar-refractivity contribution in [3.63, 3.8) is 0 Å². The summed E-state index contributed by atoms with van der Waals surface area (Å²) in [6.07, 6.45) is 4.86. The Bertz CT molecular complexity index is 875. The number of hydrogen-bond acceptors (Lipinski definition) is 6. The zero-order chi connectivity index (χ0) is 22.6. The Morgan fingerprint density at radius 3 is 2.03 bits per heavy atom. The van der Waals surface area contributed by atoms with E-state index in [1.165, 1.54) is 26.3 Å². The normalized spacial score (nSPS) is 11.5. The van der Waals surface area contributed by atoms with E-state index >= 15 is 0 Å². The first-order valence-electron chi connectivity index (χ1n) is 10.5. The lowest BCUT2D eigenvalue weighted by molar-refractivity contribution is -0.147. The lowest BCUT2D eigenvalue weighted by atomic mass is 10.0. The predicted molar refractivity (Wildman–Crippen MR) is 117 cm³/mol. The van der Waals surface area contributed by atoms with E-state index in [-0.39, 0.29) is 23.6 Å². The quantitative estimate of drug-likeness (QED) is 0.291. The van der Waals surface area contributed by atoms with Crippen LogP contribution in [-0.4, -0.2) is 24.0 Å². The summed E-state index contributed by atoms with van der Waals surface area (Å²) in [7, 11) is 0. The number of carbonyl (C=O) groups excluding carboxylic acids is 3. The second-order valence-corrected chi connectivity index (χ2v) is 7.47. The number of unbranched alkanes of at least 4 members (excludes halogenated alkanes) is 1. The first-order valence-corrected chi connectivity index (χ1v) is 10.5. The highest BCUT2D eigenvalue weighted by Crippen LogP contribution is 2.30. The zero-order valence-corrected chi connectivity index (χ0v) is 18.4. The molecule has 0 spiro atoms. The fourth-order valence-electron chi connectivity index (χ4n) is 3.35. The van der Waals surface area contributed by atoms with Gasteiger partial charge in [-0.3, -0.25) is 14.4 Å².